The topological polar surface area (TPSA) is 97.3 Å². The van der Waals surface area contributed by atoms with Crippen molar-refractivity contribution >= 4 is 17.8 Å². The maximum absolute atomic E-state index is 12.5. The molecule has 0 fully saturated rings. The van der Waals surface area contributed by atoms with E-state index in [1.165, 1.54) is 23.7 Å². The van der Waals surface area contributed by atoms with Crippen LogP contribution in [0.2, 0.25) is 0 Å². The predicted octanol–water partition coefficient (Wildman–Crippen LogP) is 3.94. The largest absolute Gasteiger partial charge is 0.457 e. The van der Waals surface area contributed by atoms with Crippen LogP contribution in [0.5, 0.6) is 0 Å². The SMILES string of the molecule is CC(C)c1ccc(CCN2Cc3cc(C(=O)OCc4cncnc4)cnc3NC2=O)cc1. The molecule has 1 aliphatic heterocycles. The van der Waals surface area contributed by atoms with Crippen LogP contribution in [0, 0.1) is 0 Å². The van der Waals surface area contributed by atoms with Gasteiger partial charge < -0.3 is 9.64 Å². The lowest BCUT2D eigenvalue weighted by molar-refractivity contribution is 0.0471. The Kier molecular flexibility index (Phi) is 6.39. The third kappa shape index (κ3) is 5.08. The molecule has 0 radical (unpaired) electrons. The van der Waals surface area contributed by atoms with E-state index in [9.17, 15) is 9.59 Å². The molecule has 0 bridgehead atoms. The molecule has 164 valence electrons. The van der Waals surface area contributed by atoms with E-state index in [0.29, 0.717) is 36.0 Å². The lowest BCUT2D eigenvalue weighted by atomic mass is 10.0. The molecule has 2 amide bonds. The average Bonchev–Trinajstić information content (AvgIpc) is 2.82. The second kappa shape index (κ2) is 9.55. The summed E-state index contributed by atoms with van der Waals surface area (Å²) in [7, 11) is 0. The van der Waals surface area contributed by atoms with Crippen LogP contribution in [-0.2, 0) is 24.3 Å². The maximum Gasteiger partial charge on any atom is 0.340 e. The number of fused-ring (bicyclic) bond motifs is 1. The molecule has 0 atom stereocenters. The first-order valence-corrected chi connectivity index (χ1v) is 10.5. The van der Waals surface area contributed by atoms with Crippen molar-refractivity contribution in [2.45, 2.75) is 39.3 Å². The van der Waals surface area contributed by atoms with Gasteiger partial charge in [0.1, 0.15) is 18.8 Å². The quantitative estimate of drug-likeness (QED) is 0.569. The summed E-state index contributed by atoms with van der Waals surface area (Å²) in [6.07, 6.45) is 6.76. The van der Waals surface area contributed by atoms with Crippen LogP contribution in [0.15, 0.2) is 55.2 Å². The Balaban J connectivity index is 1.38. The summed E-state index contributed by atoms with van der Waals surface area (Å²) < 4.78 is 5.32. The van der Waals surface area contributed by atoms with Gasteiger partial charge in [-0.2, -0.15) is 0 Å². The van der Waals surface area contributed by atoms with Gasteiger partial charge in [-0.1, -0.05) is 38.1 Å². The fourth-order valence-corrected chi connectivity index (χ4v) is 3.46. The van der Waals surface area contributed by atoms with Crippen LogP contribution in [0.25, 0.3) is 0 Å². The third-order valence-electron chi connectivity index (χ3n) is 5.38. The smallest absolute Gasteiger partial charge is 0.340 e. The minimum atomic E-state index is -0.488. The van der Waals surface area contributed by atoms with Crippen molar-refractivity contribution in [3.8, 4) is 0 Å². The first-order chi connectivity index (χ1) is 15.5. The fraction of sp³-hybridized carbons (Fsp3) is 0.292. The molecule has 2 aromatic heterocycles. The summed E-state index contributed by atoms with van der Waals surface area (Å²) in [4.78, 5) is 38.7. The predicted molar refractivity (Wildman–Crippen MR) is 119 cm³/mol. The highest BCUT2D eigenvalue weighted by atomic mass is 16.5. The number of ether oxygens (including phenoxy) is 1. The first-order valence-electron chi connectivity index (χ1n) is 10.5. The van der Waals surface area contributed by atoms with Gasteiger partial charge in [0.05, 0.1) is 12.1 Å². The number of pyridine rings is 1. The maximum atomic E-state index is 12.5. The molecule has 0 spiro atoms. The van der Waals surface area contributed by atoms with E-state index < -0.39 is 5.97 Å². The number of hydrogen-bond donors (Lipinski definition) is 1. The van der Waals surface area contributed by atoms with Crippen molar-refractivity contribution < 1.29 is 14.3 Å². The summed E-state index contributed by atoms with van der Waals surface area (Å²) in [6, 6.07) is 10.0. The van der Waals surface area contributed by atoms with Gasteiger partial charge in [-0.05, 0) is 29.5 Å². The van der Waals surface area contributed by atoms with E-state index in [1.54, 1.807) is 23.4 Å². The zero-order valence-corrected chi connectivity index (χ0v) is 18.1. The number of esters is 1. The van der Waals surface area contributed by atoms with Gasteiger partial charge in [0.25, 0.3) is 0 Å². The van der Waals surface area contributed by atoms with E-state index >= 15 is 0 Å². The Morgan fingerprint density at radius 3 is 2.59 bits per heavy atom. The minimum absolute atomic E-state index is 0.0786. The van der Waals surface area contributed by atoms with Crippen LogP contribution < -0.4 is 5.32 Å². The first kappa shape index (κ1) is 21.4. The highest BCUT2D eigenvalue weighted by Gasteiger charge is 2.24. The Morgan fingerprint density at radius 2 is 1.88 bits per heavy atom. The highest BCUT2D eigenvalue weighted by Crippen LogP contribution is 2.23. The molecular formula is C24H25N5O3. The Morgan fingerprint density at radius 1 is 1.12 bits per heavy atom. The van der Waals surface area contributed by atoms with Gasteiger partial charge in [-0.25, -0.2) is 24.5 Å². The van der Waals surface area contributed by atoms with Crippen molar-refractivity contribution in [1.29, 1.82) is 0 Å². The summed E-state index contributed by atoms with van der Waals surface area (Å²) in [6.45, 7) is 5.35. The zero-order valence-electron chi connectivity index (χ0n) is 18.1. The Labute approximate surface area is 186 Å². The molecule has 1 aromatic carbocycles. The molecule has 0 saturated carbocycles. The van der Waals surface area contributed by atoms with Gasteiger partial charge in [0.15, 0.2) is 0 Å². The van der Waals surface area contributed by atoms with Crippen LogP contribution in [0.4, 0.5) is 10.6 Å². The molecule has 1 N–H and O–H groups in total. The number of aromatic nitrogens is 3. The molecule has 32 heavy (non-hydrogen) atoms. The van der Waals surface area contributed by atoms with E-state index in [2.05, 4.69) is 58.4 Å². The van der Waals surface area contributed by atoms with E-state index in [-0.39, 0.29) is 12.6 Å². The normalized spacial score (nSPS) is 13.0. The lowest BCUT2D eigenvalue weighted by Gasteiger charge is -2.29. The van der Waals surface area contributed by atoms with Crippen LogP contribution in [-0.4, -0.2) is 38.4 Å². The van der Waals surface area contributed by atoms with E-state index in [0.717, 1.165) is 12.0 Å². The summed E-state index contributed by atoms with van der Waals surface area (Å²) in [5.74, 6) is 0.473. The molecule has 8 heteroatoms. The van der Waals surface area contributed by atoms with Gasteiger partial charge >= 0.3 is 12.0 Å². The van der Waals surface area contributed by atoms with E-state index in [4.69, 9.17) is 4.74 Å². The van der Waals surface area contributed by atoms with Crippen LogP contribution in [0.3, 0.4) is 0 Å². The Hall–Kier alpha value is -3.81. The lowest BCUT2D eigenvalue weighted by Crippen LogP contribution is -2.40. The number of nitrogens with one attached hydrogen (secondary N) is 1. The number of rotatable bonds is 7. The van der Waals surface area contributed by atoms with Crippen LogP contribution in [0.1, 0.15) is 52.4 Å². The molecule has 0 unspecified atom stereocenters. The molecule has 3 heterocycles. The summed E-state index contributed by atoms with van der Waals surface area (Å²) >= 11 is 0. The standard InChI is InChI=1S/C24H25N5O3/c1-16(2)19-5-3-17(4-6-19)7-8-29-13-21-9-20(12-27-22(21)28-24(29)31)23(30)32-14-18-10-25-15-26-11-18/h3-6,9-12,15-16H,7-8,13-14H2,1-2H3,(H,27,28,31). The number of anilines is 1. The number of urea groups is 1. The monoisotopic (exact) mass is 431 g/mol. The Bertz CT molecular complexity index is 1100. The van der Waals surface area contributed by atoms with Crippen molar-refractivity contribution in [3.05, 3.63) is 83.1 Å². The van der Waals surface area contributed by atoms with Gasteiger partial charge in [-0.15, -0.1) is 0 Å². The van der Waals surface area contributed by atoms with Crippen molar-refractivity contribution in [1.82, 2.24) is 19.9 Å². The van der Waals surface area contributed by atoms with Crippen molar-refractivity contribution in [2.75, 3.05) is 11.9 Å². The van der Waals surface area contributed by atoms with E-state index in [1.807, 2.05) is 0 Å². The second-order valence-electron chi connectivity index (χ2n) is 8.05. The molecule has 0 saturated heterocycles. The number of carbonyl (C=O) groups excluding carboxylic acids is 2. The second-order valence-corrected chi connectivity index (χ2v) is 8.05. The van der Waals surface area contributed by atoms with Crippen LogP contribution >= 0.6 is 0 Å². The van der Waals surface area contributed by atoms with Crippen molar-refractivity contribution in [2.24, 2.45) is 0 Å². The molecule has 8 nitrogen and oxygen atoms in total. The third-order valence-corrected chi connectivity index (χ3v) is 5.38. The minimum Gasteiger partial charge on any atom is -0.457 e. The molecule has 4 rings (SSSR count). The van der Waals surface area contributed by atoms with Gasteiger partial charge in [-0.3, -0.25) is 5.32 Å². The number of benzene rings is 1. The summed E-state index contributed by atoms with van der Waals surface area (Å²) in [5.41, 5.74) is 4.28. The zero-order chi connectivity index (χ0) is 22.5. The molecule has 0 aliphatic carbocycles. The number of hydrogen-bond acceptors (Lipinski definition) is 6. The molecule has 3 aromatic rings. The number of nitrogens with zero attached hydrogens (tertiary/aromatic N) is 4. The average molecular weight is 431 g/mol. The molecule has 1 aliphatic rings. The molecular weight excluding hydrogens is 406 g/mol. The number of amides is 2. The fourth-order valence-electron chi connectivity index (χ4n) is 3.46. The highest BCUT2D eigenvalue weighted by molar-refractivity contribution is 5.93. The van der Waals surface area contributed by atoms with Gasteiger partial charge in [0.2, 0.25) is 0 Å². The van der Waals surface area contributed by atoms with Crippen molar-refractivity contribution in [3.63, 3.8) is 0 Å². The summed E-state index contributed by atoms with van der Waals surface area (Å²) in [5, 5.41) is 2.80. The van der Waals surface area contributed by atoms with Gasteiger partial charge in [0, 0.05) is 36.3 Å². The number of carbonyl (C=O) groups is 2.